The molecular formula is C32H40N4O2S. The lowest BCUT2D eigenvalue weighted by Crippen LogP contribution is -2.47. The van der Waals surface area contributed by atoms with E-state index in [1.165, 1.54) is 4.88 Å². The third-order valence-electron chi connectivity index (χ3n) is 7.19. The fourth-order valence-corrected chi connectivity index (χ4v) is 5.88. The van der Waals surface area contributed by atoms with Gasteiger partial charge in [-0.2, -0.15) is 0 Å². The van der Waals surface area contributed by atoms with Gasteiger partial charge in [-0.3, -0.25) is 9.59 Å². The maximum absolute atomic E-state index is 13.4. The van der Waals surface area contributed by atoms with E-state index < -0.39 is 6.04 Å². The monoisotopic (exact) mass is 544 g/mol. The molecule has 0 aliphatic carbocycles. The molecule has 6 nitrogen and oxygen atoms in total. The molecule has 0 spiro atoms. The molecule has 4 aromatic rings. The molecular weight excluding hydrogens is 504 g/mol. The summed E-state index contributed by atoms with van der Waals surface area (Å²) in [6.07, 6.45) is 3.36. The minimum Gasteiger partial charge on any atom is -0.340 e. The molecule has 0 fully saturated rings. The minimum absolute atomic E-state index is 0.0850. The van der Waals surface area contributed by atoms with Gasteiger partial charge in [0.1, 0.15) is 11.9 Å². The maximum Gasteiger partial charge on any atom is 0.252 e. The first-order chi connectivity index (χ1) is 18.8. The van der Waals surface area contributed by atoms with Crippen LogP contribution in [-0.4, -0.2) is 39.4 Å². The Morgan fingerprint density at radius 1 is 1.03 bits per heavy atom. The van der Waals surface area contributed by atoms with Crippen molar-refractivity contribution in [2.24, 2.45) is 5.92 Å². The highest BCUT2D eigenvalue weighted by Gasteiger charge is 2.26. The Kier molecular flexibility index (Phi) is 9.57. The predicted octanol–water partition coefficient (Wildman–Crippen LogP) is 6.85. The molecule has 0 aliphatic heterocycles. The molecule has 2 aromatic heterocycles. The topological polar surface area (TPSA) is 67.2 Å². The lowest BCUT2D eigenvalue weighted by molar-refractivity contribution is -0.132. The van der Waals surface area contributed by atoms with E-state index >= 15 is 0 Å². The van der Waals surface area contributed by atoms with Crippen LogP contribution < -0.4 is 5.32 Å². The molecule has 0 saturated heterocycles. The molecule has 2 aromatic carbocycles. The molecule has 0 aliphatic rings. The summed E-state index contributed by atoms with van der Waals surface area (Å²) in [7, 11) is 1.79. The van der Waals surface area contributed by atoms with E-state index in [1.54, 1.807) is 23.3 Å². The van der Waals surface area contributed by atoms with Crippen molar-refractivity contribution in [3.05, 3.63) is 87.9 Å². The fourth-order valence-electron chi connectivity index (χ4n) is 5.18. The van der Waals surface area contributed by atoms with Gasteiger partial charge in [-0.15, -0.1) is 11.3 Å². The van der Waals surface area contributed by atoms with Crippen LogP contribution in [-0.2, 0) is 17.8 Å². The van der Waals surface area contributed by atoms with Crippen LogP contribution >= 0.6 is 11.3 Å². The first-order valence-corrected chi connectivity index (χ1v) is 14.8. The molecule has 2 amide bonds. The Morgan fingerprint density at radius 2 is 1.77 bits per heavy atom. The smallest absolute Gasteiger partial charge is 0.252 e. The summed E-state index contributed by atoms with van der Waals surface area (Å²) in [6, 6.07) is 19.6. The summed E-state index contributed by atoms with van der Waals surface area (Å²) in [5.74, 6) is 0.940. The van der Waals surface area contributed by atoms with Gasteiger partial charge in [0.2, 0.25) is 5.91 Å². The Bertz CT molecular complexity index is 1370. The van der Waals surface area contributed by atoms with E-state index in [2.05, 4.69) is 55.1 Å². The highest BCUT2D eigenvalue weighted by molar-refractivity contribution is 7.09. The van der Waals surface area contributed by atoms with Crippen LogP contribution in [0, 0.1) is 5.92 Å². The van der Waals surface area contributed by atoms with Gasteiger partial charge >= 0.3 is 0 Å². The normalized spacial score (nSPS) is 12.3. The first kappa shape index (κ1) is 28.6. The molecule has 0 bridgehead atoms. The second kappa shape index (κ2) is 13.1. The van der Waals surface area contributed by atoms with Gasteiger partial charge in [-0.1, -0.05) is 64.1 Å². The Labute approximate surface area is 236 Å². The van der Waals surface area contributed by atoms with Crippen molar-refractivity contribution >= 4 is 34.2 Å². The number of nitrogens with one attached hydrogen (secondary N) is 1. The number of amides is 2. The standard InChI is InChI=1S/C32H40N4O2S/c1-6-25(7-2)36-29-16-15-24(19-27(29)33-30(36)20-26-14-11-17-39-26)31(37)34-28(18-22(3)4)32(38)35(5)21-23-12-9-8-10-13-23/h8-17,19,22,25,28H,6-7,18,20-21H2,1-5H3,(H,34,37)/t28-/m0/s1. The van der Waals surface area contributed by atoms with Crippen molar-refractivity contribution in [3.8, 4) is 0 Å². The first-order valence-electron chi connectivity index (χ1n) is 13.9. The maximum atomic E-state index is 13.4. The van der Waals surface area contributed by atoms with Crippen LogP contribution in [0.5, 0.6) is 0 Å². The number of imidazole rings is 1. The summed E-state index contributed by atoms with van der Waals surface area (Å²) in [6.45, 7) is 9.04. The molecule has 4 rings (SSSR count). The van der Waals surface area contributed by atoms with Crippen LogP contribution in [0.2, 0.25) is 0 Å². The van der Waals surface area contributed by atoms with E-state index in [9.17, 15) is 9.59 Å². The zero-order valence-corrected chi connectivity index (χ0v) is 24.5. The third kappa shape index (κ3) is 6.95. The van der Waals surface area contributed by atoms with Gasteiger partial charge in [0, 0.05) is 36.5 Å². The highest BCUT2D eigenvalue weighted by atomic mass is 32.1. The molecule has 7 heteroatoms. The molecule has 206 valence electrons. The average Bonchev–Trinajstić information content (AvgIpc) is 3.56. The van der Waals surface area contributed by atoms with Crippen molar-refractivity contribution < 1.29 is 9.59 Å². The van der Waals surface area contributed by atoms with Crippen LogP contribution in [0.15, 0.2) is 66.0 Å². The number of thiophene rings is 1. The number of carbonyl (C=O) groups excluding carboxylic acids is 2. The largest absolute Gasteiger partial charge is 0.340 e. The number of aromatic nitrogens is 2. The highest BCUT2D eigenvalue weighted by Crippen LogP contribution is 2.28. The zero-order valence-electron chi connectivity index (χ0n) is 23.7. The lowest BCUT2D eigenvalue weighted by atomic mass is 10.0. The second-order valence-corrected chi connectivity index (χ2v) is 11.7. The summed E-state index contributed by atoms with van der Waals surface area (Å²) < 4.78 is 2.35. The third-order valence-corrected chi connectivity index (χ3v) is 8.07. The summed E-state index contributed by atoms with van der Waals surface area (Å²) >= 11 is 1.73. The summed E-state index contributed by atoms with van der Waals surface area (Å²) in [4.78, 5) is 34.8. The van der Waals surface area contributed by atoms with Gasteiger partial charge < -0.3 is 14.8 Å². The van der Waals surface area contributed by atoms with Gasteiger partial charge in [0.25, 0.3) is 5.91 Å². The quantitative estimate of drug-likeness (QED) is 0.212. The van der Waals surface area contributed by atoms with Crippen LogP contribution in [0.4, 0.5) is 0 Å². The van der Waals surface area contributed by atoms with Crippen molar-refractivity contribution in [2.45, 2.75) is 72.0 Å². The zero-order chi connectivity index (χ0) is 27.9. The van der Waals surface area contributed by atoms with Crippen LogP contribution in [0.1, 0.15) is 79.6 Å². The summed E-state index contributed by atoms with van der Waals surface area (Å²) in [5, 5.41) is 5.13. The van der Waals surface area contributed by atoms with E-state index in [0.717, 1.165) is 41.7 Å². The van der Waals surface area contributed by atoms with Crippen LogP contribution in [0.3, 0.4) is 0 Å². The van der Waals surface area contributed by atoms with Gasteiger partial charge in [0.05, 0.1) is 11.0 Å². The number of likely N-dealkylation sites (N-methyl/N-ethyl adjacent to an activating group) is 1. The number of benzene rings is 2. The molecule has 1 N–H and O–H groups in total. The Balaban J connectivity index is 1.58. The number of carbonyl (C=O) groups is 2. The average molecular weight is 545 g/mol. The second-order valence-electron chi connectivity index (χ2n) is 10.7. The van der Waals surface area contributed by atoms with Crippen molar-refractivity contribution in [1.29, 1.82) is 0 Å². The Hall–Kier alpha value is -3.45. The number of hydrogen-bond acceptors (Lipinski definition) is 4. The number of fused-ring (bicyclic) bond motifs is 1. The fraction of sp³-hybridized carbons (Fsp3) is 0.406. The van der Waals surface area contributed by atoms with Gasteiger partial charge in [-0.25, -0.2) is 4.98 Å². The van der Waals surface area contributed by atoms with E-state index in [4.69, 9.17) is 4.98 Å². The molecule has 0 saturated carbocycles. The molecule has 2 heterocycles. The number of hydrogen-bond donors (Lipinski definition) is 1. The van der Waals surface area contributed by atoms with E-state index in [0.29, 0.717) is 24.6 Å². The molecule has 39 heavy (non-hydrogen) atoms. The lowest BCUT2D eigenvalue weighted by Gasteiger charge is -2.26. The Morgan fingerprint density at radius 3 is 2.41 bits per heavy atom. The van der Waals surface area contributed by atoms with Gasteiger partial charge in [0.15, 0.2) is 0 Å². The van der Waals surface area contributed by atoms with E-state index in [1.807, 2.05) is 48.5 Å². The minimum atomic E-state index is -0.599. The number of rotatable bonds is 12. The van der Waals surface area contributed by atoms with E-state index in [-0.39, 0.29) is 17.7 Å². The van der Waals surface area contributed by atoms with Crippen molar-refractivity contribution in [2.75, 3.05) is 7.05 Å². The summed E-state index contributed by atoms with van der Waals surface area (Å²) in [5.41, 5.74) is 3.43. The SMILES string of the molecule is CCC(CC)n1c(Cc2cccs2)nc2cc(C(=O)N[C@@H](CC(C)C)C(=O)N(C)Cc3ccccc3)ccc21. The van der Waals surface area contributed by atoms with Crippen LogP contribution in [0.25, 0.3) is 11.0 Å². The van der Waals surface area contributed by atoms with Gasteiger partial charge in [-0.05, 0) is 60.4 Å². The van der Waals surface area contributed by atoms with Crippen molar-refractivity contribution in [1.82, 2.24) is 19.8 Å². The molecule has 1 atom stereocenters. The molecule has 0 unspecified atom stereocenters. The molecule has 0 radical (unpaired) electrons. The van der Waals surface area contributed by atoms with Crippen molar-refractivity contribution in [3.63, 3.8) is 0 Å². The predicted molar refractivity (Wildman–Crippen MR) is 160 cm³/mol. The number of nitrogens with zero attached hydrogens (tertiary/aromatic N) is 3.